The molecule has 0 spiro atoms. The molecule has 2 N–H and O–H groups in total. The van der Waals surface area contributed by atoms with Crippen LogP contribution in [-0.4, -0.2) is 37.1 Å². The maximum atomic E-state index is 12.4. The first-order chi connectivity index (χ1) is 12.8. The van der Waals surface area contributed by atoms with E-state index in [0.717, 1.165) is 6.42 Å². The summed E-state index contributed by atoms with van der Waals surface area (Å²) in [5.74, 6) is -0.593. The van der Waals surface area contributed by atoms with Crippen molar-refractivity contribution in [3.05, 3.63) is 59.4 Å². The van der Waals surface area contributed by atoms with Crippen molar-refractivity contribution in [1.82, 2.24) is 10.3 Å². The zero-order valence-corrected chi connectivity index (χ0v) is 16.3. The molecule has 2 aromatic rings. The minimum absolute atomic E-state index is 0.0506. The fourth-order valence-electron chi connectivity index (χ4n) is 2.47. The molecule has 0 fully saturated rings. The first kappa shape index (κ1) is 20.6. The van der Waals surface area contributed by atoms with Crippen molar-refractivity contribution in [3.63, 3.8) is 0 Å². The van der Waals surface area contributed by atoms with E-state index in [0.29, 0.717) is 24.4 Å². The molecule has 6 heteroatoms. The zero-order chi connectivity index (χ0) is 19.9. The fourth-order valence-corrected chi connectivity index (χ4v) is 2.47. The first-order valence-electron chi connectivity index (χ1n) is 8.96. The van der Waals surface area contributed by atoms with E-state index in [9.17, 15) is 9.59 Å². The number of rotatable bonds is 7. The van der Waals surface area contributed by atoms with E-state index in [1.165, 1.54) is 17.8 Å². The van der Waals surface area contributed by atoms with Gasteiger partial charge in [0.1, 0.15) is 5.69 Å². The average molecular weight is 369 g/mol. The van der Waals surface area contributed by atoms with Crippen molar-refractivity contribution in [1.29, 1.82) is 0 Å². The third kappa shape index (κ3) is 6.18. The lowest BCUT2D eigenvalue weighted by Crippen LogP contribution is -2.25. The number of carbonyl (C=O) groups is 2. The molecule has 0 atom stereocenters. The summed E-state index contributed by atoms with van der Waals surface area (Å²) in [5.41, 5.74) is 2.51. The van der Waals surface area contributed by atoms with E-state index >= 15 is 0 Å². The number of methoxy groups -OCH3 is 1. The second-order valence-corrected chi connectivity index (χ2v) is 7.31. The number of nitrogens with one attached hydrogen (secondary N) is 2. The molecule has 144 valence electrons. The molecule has 0 aliphatic heterocycles. The highest BCUT2D eigenvalue weighted by Gasteiger charge is 2.15. The summed E-state index contributed by atoms with van der Waals surface area (Å²) in [7, 11) is 1.62. The zero-order valence-electron chi connectivity index (χ0n) is 16.3. The molecule has 2 amide bonds. The molecule has 0 saturated heterocycles. The number of ether oxygens (including phenoxy) is 1. The van der Waals surface area contributed by atoms with E-state index in [1.54, 1.807) is 13.2 Å². The van der Waals surface area contributed by atoms with Crippen LogP contribution < -0.4 is 10.6 Å². The summed E-state index contributed by atoms with van der Waals surface area (Å²) in [6.45, 7) is 7.50. The molecular weight excluding hydrogens is 342 g/mol. The van der Waals surface area contributed by atoms with Crippen molar-refractivity contribution in [2.24, 2.45) is 0 Å². The van der Waals surface area contributed by atoms with Gasteiger partial charge in [-0.3, -0.25) is 14.6 Å². The maximum Gasteiger partial charge on any atom is 0.274 e. The van der Waals surface area contributed by atoms with Crippen LogP contribution in [0.15, 0.2) is 42.6 Å². The van der Waals surface area contributed by atoms with E-state index in [1.807, 2.05) is 24.3 Å². The number of hydrogen-bond donors (Lipinski definition) is 2. The van der Waals surface area contributed by atoms with E-state index in [-0.39, 0.29) is 22.9 Å². The predicted molar refractivity (Wildman–Crippen MR) is 106 cm³/mol. The van der Waals surface area contributed by atoms with Crippen LogP contribution in [0.2, 0.25) is 0 Å². The molecule has 0 radical (unpaired) electrons. The highest BCUT2D eigenvalue weighted by Crippen LogP contribution is 2.23. The molecule has 27 heavy (non-hydrogen) atoms. The van der Waals surface area contributed by atoms with Crippen molar-refractivity contribution < 1.29 is 14.3 Å². The largest absolute Gasteiger partial charge is 0.385 e. The Hall–Kier alpha value is -2.73. The molecule has 1 heterocycles. The number of nitrogens with zero attached hydrogens (tertiary/aromatic N) is 1. The summed E-state index contributed by atoms with van der Waals surface area (Å²) in [5, 5.41) is 5.60. The van der Waals surface area contributed by atoms with Gasteiger partial charge in [0, 0.05) is 37.7 Å². The second-order valence-electron chi connectivity index (χ2n) is 7.31. The Morgan fingerprint density at radius 1 is 1.07 bits per heavy atom. The Bertz CT molecular complexity index is 780. The molecule has 0 aliphatic carbocycles. The van der Waals surface area contributed by atoms with Crippen LogP contribution in [0, 0.1) is 0 Å². The summed E-state index contributed by atoms with van der Waals surface area (Å²) < 4.78 is 4.95. The SMILES string of the molecule is COCCCNC(=O)c1ccnc(C(=O)Nc2ccc(C(C)(C)C)cc2)c1. The van der Waals surface area contributed by atoms with Crippen LogP contribution in [0.1, 0.15) is 53.6 Å². The first-order valence-corrected chi connectivity index (χ1v) is 8.96. The van der Waals surface area contributed by atoms with Gasteiger partial charge in [0.25, 0.3) is 11.8 Å². The normalized spacial score (nSPS) is 11.1. The minimum atomic E-state index is -0.354. The minimum Gasteiger partial charge on any atom is -0.385 e. The number of aromatic nitrogens is 1. The quantitative estimate of drug-likeness (QED) is 0.733. The lowest BCUT2D eigenvalue weighted by Gasteiger charge is -2.19. The van der Waals surface area contributed by atoms with Crippen LogP contribution >= 0.6 is 0 Å². The summed E-state index contributed by atoms with van der Waals surface area (Å²) in [6.07, 6.45) is 2.19. The third-order valence-corrected chi connectivity index (χ3v) is 4.07. The summed E-state index contributed by atoms with van der Waals surface area (Å²) >= 11 is 0. The molecule has 1 aromatic carbocycles. The molecular formula is C21H27N3O3. The van der Waals surface area contributed by atoms with Gasteiger partial charge < -0.3 is 15.4 Å². The molecule has 0 unspecified atom stereocenters. The van der Waals surface area contributed by atoms with Crippen LogP contribution in [-0.2, 0) is 10.2 Å². The Morgan fingerprint density at radius 3 is 2.41 bits per heavy atom. The van der Waals surface area contributed by atoms with Crippen LogP contribution in [0.5, 0.6) is 0 Å². The van der Waals surface area contributed by atoms with Gasteiger partial charge in [-0.25, -0.2) is 0 Å². The monoisotopic (exact) mass is 369 g/mol. The standard InChI is InChI=1S/C21H27N3O3/c1-21(2,3)16-6-8-17(9-7-16)24-20(26)18-14-15(10-12-22-18)19(25)23-11-5-13-27-4/h6-10,12,14H,5,11,13H2,1-4H3,(H,23,25)(H,24,26). The number of amides is 2. The average Bonchev–Trinajstić information content (AvgIpc) is 2.65. The number of anilines is 1. The molecule has 2 rings (SSSR count). The topological polar surface area (TPSA) is 80.3 Å². The van der Waals surface area contributed by atoms with Gasteiger partial charge in [-0.15, -0.1) is 0 Å². The Balaban J connectivity index is 2.01. The maximum absolute atomic E-state index is 12.4. The lowest BCUT2D eigenvalue weighted by atomic mass is 9.87. The van der Waals surface area contributed by atoms with Crippen molar-refractivity contribution in [2.75, 3.05) is 25.6 Å². The smallest absolute Gasteiger partial charge is 0.274 e. The number of hydrogen-bond acceptors (Lipinski definition) is 4. The van der Waals surface area contributed by atoms with Gasteiger partial charge in [0.15, 0.2) is 0 Å². The Kier molecular flexibility index (Phi) is 7.07. The lowest BCUT2D eigenvalue weighted by molar-refractivity contribution is 0.0948. The van der Waals surface area contributed by atoms with E-state index in [2.05, 4.69) is 36.4 Å². The summed E-state index contributed by atoms with van der Waals surface area (Å²) in [6, 6.07) is 10.8. The van der Waals surface area contributed by atoms with Gasteiger partial charge >= 0.3 is 0 Å². The third-order valence-electron chi connectivity index (χ3n) is 4.07. The van der Waals surface area contributed by atoms with Crippen molar-refractivity contribution in [3.8, 4) is 0 Å². The Morgan fingerprint density at radius 2 is 1.78 bits per heavy atom. The van der Waals surface area contributed by atoms with Crippen LogP contribution in [0.3, 0.4) is 0 Å². The molecule has 0 saturated carbocycles. The highest BCUT2D eigenvalue weighted by molar-refractivity contribution is 6.04. The van der Waals surface area contributed by atoms with Crippen LogP contribution in [0.4, 0.5) is 5.69 Å². The van der Waals surface area contributed by atoms with Crippen molar-refractivity contribution in [2.45, 2.75) is 32.6 Å². The Labute approximate surface area is 160 Å². The van der Waals surface area contributed by atoms with Gasteiger partial charge in [-0.05, 0) is 41.7 Å². The van der Waals surface area contributed by atoms with Crippen molar-refractivity contribution >= 4 is 17.5 Å². The number of benzene rings is 1. The second kappa shape index (κ2) is 9.28. The van der Waals surface area contributed by atoms with Crippen LogP contribution in [0.25, 0.3) is 0 Å². The van der Waals surface area contributed by atoms with Gasteiger partial charge in [-0.1, -0.05) is 32.9 Å². The summed E-state index contributed by atoms with van der Waals surface area (Å²) in [4.78, 5) is 28.7. The van der Waals surface area contributed by atoms with E-state index in [4.69, 9.17) is 4.74 Å². The molecule has 0 aliphatic rings. The van der Waals surface area contributed by atoms with E-state index < -0.39 is 0 Å². The molecule has 1 aromatic heterocycles. The molecule has 6 nitrogen and oxygen atoms in total. The van der Waals surface area contributed by atoms with Gasteiger partial charge in [0.2, 0.25) is 0 Å². The van der Waals surface area contributed by atoms with Gasteiger partial charge in [0.05, 0.1) is 0 Å². The highest BCUT2D eigenvalue weighted by atomic mass is 16.5. The molecule has 0 bridgehead atoms. The van der Waals surface area contributed by atoms with Gasteiger partial charge in [-0.2, -0.15) is 0 Å². The number of pyridine rings is 1. The fraction of sp³-hybridized carbons (Fsp3) is 0.381. The number of carbonyl (C=O) groups excluding carboxylic acids is 2. The predicted octanol–water partition coefficient (Wildman–Crippen LogP) is 3.40.